The standard InChI is InChI=1S/C29H42N2O10/c1-29(2,3)41-25(33)19-40-17-16-39-15-14-38-13-12-37-11-5-6-20-7-9-23(36-4)26-21(20)18-31(28(26)35)22-8-10-24(32)30-27(22)34/h7,9,22H,5-6,8,10-19H2,1-4H3,(H,30,32,34). The van der Waals surface area contributed by atoms with Crippen LogP contribution in [0.15, 0.2) is 12.1 Å². The van der Waals surface area contributed by atoms with Gasteiger partial charge in [-0.25, -0.2) is 4.79 Å². The quantitative estimate of drug-likeness (QED) is 0.165. The van der Waals surface area contributed by atoms with E-state index in [1.165, 1.54) is 12.0 Å². The number of carbonyl (C=O) groups is 4. The van der Waals surface area contributed by atoms with Crippen molar-refractivity contribution in [3.05, 3.63) is 28.8 Å². The Morgan fingerprint density at radius 3 is 2.20 bits per heavy atom. The molecule has 3 amide bonds. The highest BCUT2D eigenvalue weighted by Gasteiger charge is 2.41. The smallest absolute Gasteiger partial charge is 0.332 e. The number of aryl methyl sites for hydroxylation is 1. The third-order valence-corrected chi connectivity index (χ3v) is 6.47. The van der Waals surface area contributed by atoms with Crippen LogP contribution in [0.25, 0.3) is 0 Å². The number of fused-ring (bicyclic) bond motifs is 1. The fourth-order valence-electron chi connectivity index (χ4n) is 4.66. The molecule has 1 saturated heterocycles. The van der Waals surface area contributed by atoms with E-state index in [9.17, 15) is 19.2 Å². The third kappa shape index (κ3) is 10.1. The maximum absolute atomic E-state index is 13.2. The van der Waals surface area contributed by atoms with Crippen molar-refractivity contribution in [3.63, 3.8) is 0 Å². The van der Waals surface area contributed by atoms with Gasteiger partial charge in [-0.05, 0) is 57.2 Å². The summed E-state index contributed by atoms with van der Waals surface area (Å²) in [5.74, 6) is -0.922. The van der Waals surface area contributed by atoms with E-state index < -0.39 is 23.5 Å². The molecule has 0 aromatic heterocycles. The Kier molecular flexibility index (Phi) is 12.5. The van der Waals surface area contributed by atoms with Gasteiger partial charge in [-0.1, -0.05) is 6.07 Å². The number of hydrogen-bond donors (Lipinski definition) is 1. The normalized spacial score (nSPS) is 17.0. The maximum Gasteiger partial charge on any atom is 0.332 e. The van der Waals surface area contributed by atoms with E-state index in [0.29, 0.717) is 76.9 Å². The van der Waals surface area contributed by atoms with Crippen LogP contribution >= 0.6 is 0 Å². The highest BCUT2D eigenvalue weighted by Crippen LogP contribution is 2.36. The molecule has 1 aromatic rings. The van der Waals surface area contributed by atoms with E-state index in [-0.39, 0.29) is 24.8 Å². The minimum Gasteiger partial charge on any atom is -0.496 e. The van der Waals surface area contributed by atoms with Crippen LogP contribution in [0.1, 0.15) is 61.5 Å². The SMILES string of the molecule is COc1ccc(CCCOCCOCCOCCOCC(=O)OC(C)(C)C)c2c1C(=O)N(C1CCC(=O)NC1=O)C2. The van der Waals surface area contributed by atoms with Gasteiger partial charge in [0.1, 0.15) is 24.0 Å². The summed E-state index contributed by atoms with van der Waals surface area (Å²) < 4.78 is 32.4. The van der Waals surface area contributed by atoms with E-state index in [4.69, 9.17) is 28.4 Å². The van der Waals surface area contributed by atoms with Crippen LogP contribution in [-0.2, 0) is 51.0 Å². The second kappa shape index (κ2) is 15.8. The molecule has 2 heterocycles. The molecule has 1 atom stereocenters. The Bertz CT molecular complexity index is 1070. The molecule has 1 fully saturated rings. The highest BCUT2D eigenvalue weighted by atomic mass is 16.6. The first-order chi connectivity index (χ1) is 19.6. The molecular formula is C29H42N2O10. The van der Waals surface area contributed by atoms with Gasteiger partial charge in [-0.3, -0.25) is 19.7 Å². The fourth-order valence-corrected chi connectivity index (χ4v) is 4.66. The summed E-state index contributed by atoms with van der Waals surface area (Å²) in [7, 11) is 1.52. The Hall–Kier alpha value is -3.06. The zero-order valence-corrected chi connectivity index (χ0v) is 24.5. The predicted octanol–water partition coefficient (Wildman–Crippen LogP) is 1.80. The van der Waals surface area contributed by atoms with E-state index in [2.05, 4.69) is 5.32 Å². The lowest BCUT2D eigenvalue weighted by atomic mass is 9.98. The third-order valence-electron chi connectivity index (χ3n) is 6.47. The van der Waals surface area contributed by atoms with Crippen LogP contribution < -0.4 is 10.1 Å². The molecular weight excluding hydrogens is 536 g/mol. The number of ether oxygens (including phenoxy) is 6. The topological polar surface area (TPSA) is 139 Å². The first-order valence-electron chi connectivity index (χ1n) is 14.0. The van der Waals surface area contributed by atoms with E-state index in [1.807, 2.05) is 6.07 Å². The molecule has 2 aliphatic rings. The van der Waals surface area contributed by atoms with Gasteiger partial charge in [0.15, 0.2) is 0 Å². The molecule has 1 aromatic carbocycles. The molecule has 0 radical (unpaired) electrons. The molecule has 1 unspecified atom stereocenters. The van der Waals surface area contributed by atoms with Gasteiger partial charge >= 0.3 is 5.97 Å². The molecule has 228 valence electrons. The fraction of sp³-hybridized carbons (Fsp3) is 0.655. The molecule has 41 heavy (non-hydrogen) atoms. The van der Waals surface area contributed by atoms with Crippen molar-refractivity contribution < 1.29 is 47.6 Å². The van der Waals surface area contributed by atoms with Crippen molar-refractivity contribution in [3.8, 4) is 5.75 Å². The largest absolute Gasteiger partial charge is 0.496 e. The Morgan fingerprint density at radius 1 is 0.951 bits per heavy atom. The number of benzene rings is 1. The van der Waals surface area contributed by atoms with Gasteiger partial charge in [-0.2, -0.15) is 0 Å². The Balaban J connectivity index is 1.28. The van der Waals surface area contributed by atoms with Crippen molar-refractivity contribution in [1.82, 2.24) is 10.2 Å². The lowest BCUT2D eigenvalue weighted by Crippen LogP contribution is -2.52. The lowest BCUT2D eigenvalue weighted by Gasteiger charge is -2.29. The van der Waals surface area contributed by atoms with Crippen LogP contribution in [-0.4, -0.2) is 100 Å². The first-order valence-corrected chi connectivity index (χ1v) is 14.0. The number of nitrogens with one attached hydrogen (secondary N) is 1. The van der Waals surface area contributed by atoms with Crippen molar-refractivity contribution >= 4 is 23.7 Å². The van der Waals surface area contributed by atoms with Crippen LogP contribution in [0.3, 0.4) is 0 Å². The van der Waals surface area contributed by atoms with Crippen molar-refractivity contribution in [2.75, 3.05) is 60.0 Å². The molecule has 3 rings (SSSR count). The van der Waals surface area contributed by atoms with Gasteiger partial charge in [0.05, 0.1) is 52.3 Å². The van der Waals surface area contributed by atoms with Crippen LogP contribution in [0.5, 0.6) is 5.75 Å². The Morgan fingerprint density at radius 2 is 1.59 bits per heavy atom. The number of hydrogen-bond acceptors (Lipinski definition) is 10. The lowest BCUT2D eigenvalue weighted by molar-refractivity contribution is -0.160. The summed E-state index contributed by atoms with van der Waals surface area (Å²) in [4.78, 5) is 50.2. The number of esters is 1. The molecule has 1 N–H and O–H groups in total. The van der Waals surface area contributed by atoms with Crippen molar-refractivity contribution in [2.45, 2.75) is 64.6 Å². The molecule has 0 saturated carbocycles. The second-order valence-electron chi connectivity index (χ2n) is 10.8. The summed E-state index contributed by atoms with van der Waals surface area (Å²) in [5.41, 5.74) is 1.83. The van der Waals surface area contributed by atoms with Gasteiger partial charge in [-0.15, -0.1) is 0 Å². The Labute approximate surface area is 240 Å². The van der Waals surface area contributed by atoms with Gasteiger partial charge in [0.25, 0.3) is 5.91 Å². The number of nitrogens with zero attached hydrogens (tertiary/aromatic N) is 1. The molecule has 0 aliphatic carbocycles. The van der Waals surface area contributed by atoms with Gasteiger partial charge < -0.3 is 33.3 Å². The molecule has 12 nitrogen and oxygen atoms in total. The summed E-state index contributed by atoms with van der Waals surface area (Å²) >= 11 is 0. The molecule has 0 spiro atoms. The summed E-state index contributed by atoms with van der Waals surface area (Å²) in [6.45, 7) is 8.50. The molecule has 12 heteroatoms. The predicted molar refractivity (Wildman–Crippen MR) is 146 cm³/mol. The minimum atomic E-state index is -0.670. The highest BCUT2D eigenvalue weighted by molar-refractivity contribution is 6.06. The summed E-state index contributed by atoms with van der Waals surface area (Å²) in [6.07, 6.45) is 1.97. The zero-order chi connectivity index (χ0) is 29.8. The van der Waals surface area contributed by atoms with E-state index in [0.717, 1.165) is 17.5 Å². The van der Waals surface area contributed by atoms with E-state index in [1.54, 1.807) is 26.8 Å². The average molecular weight is 579 g/mol. The van der Waals surface area contributed by atoms with Gasteiger partial charge in [0, 0.05) is 19.6 Å². The average Bonchev–Trinajstić information content (AvgIpc) is 3.25. The zero-order valence-electron chi connectivity index (χ0n) is 24.5. The van der Waals surface area contributed by atoms with Gasteiger partial charge in [0.2, 0.25) is 11.8 Å². The summed E-state index contributed by atoms with van der Waals surface area (Å²) in [6, 6.07) is 3.06. The molecule has 2 aliphatic heterocycles. The monoisotopic (exact) mass is 578 g/mol. The number of methoxy groups -OCH3 is 1. The maximum atomic E-state index is 13.2. The van der Waals surface area contributed by atoms with Crippen molar-refractivity contribution in [1.29, 1.82) is 0 Å². The number of imide groups is 1. The number of carbonyl (C=O) groups excluding carboxylic acids is 4. The van der Waals surface area contributed by atoms with Crippen LogP contribution in [0.2, 0.25) is 0 Å². The first kappa shape index (κ1) is 32.5. The number of rotatable bonds is 17. The van der Waals surface area contributed by atoms with Crippen molar-refractivity contribution in [2.24, 2.45) is 0 Å². The second-order valence-corrected chi connectivity index (χ2v) is 10.8. The number of piperidine rings is 1. The number of amides is 3. The molecule has 0 bridgehead atoms. The van der Waals surface area contributed by atoms with Crippen LogP contribution in [0, 0.1) is 0 Å². The summed E-state index contributed by atoms with van der Waals surface area (Å²) in [5, 5.41) is 2.33. The van der Waals surface area contributed by atoms with E-state index >= 15 is 0 Å². The van der Waals surface area contributed by atoms with Crippen LogP contribution in [0.4, 0.5) is 0 Å². The minimum absolute atomic E-state index is 0.103.